The normalized spacial score (nSPS) is 12.7. The Morgan fingerprint density at radius 1 is 1.28 bits per heavy atom. The molecule has 18 heavy (non-hydrogen) atoms. The van der Waals surface area contributed by atoms with Gasteiger partial charge in [0.25, 0.3) is 0 Å². The number of rotatable bonds is 7. The van der Waals surface area contributed by atoms with Crippen molar-refractivity contribution < 1.29 is 8.78 Å². The lowest BCUT2D eigenvalue weighted by molar-refractivity contribution is 0.435. The first-order valence-electron chi connectivity index (χ1n) is 6.21. The fraction of sp³-hybridized carbons (Fsp3) is 0.538. The Kier molecular flexibility index (Phi) is 6.75. The summed E-state index contributed by atoms with van der Waals surface area (Å²) in [6, 6.07) is 2.12. The maximum absolute atomic E-state index is 13.9. The minimum Gasteiger partial charge on any atom is -0.271 e. The predicted octanol–water partition coefficient (Wildman–Crippen LogP) is 4.20. The van der Waals surface area contributed by atoms with Crippen molar-refractivity contribution in [1.29, 1.82) is 0 Å². The molecule has 0 radical (unpaired) electrons. The molecule has 0 aromatic heterocycles. The number of nitrogens with one attached hydrogen (secondary N) is 1. The third kappa shape index (κ3) is 4.00. The third-order valence-corrected chi connectivity index (χ3v) is 3.59. The molecule has 0 saturated heterocycles. The monoisotopic (exact) mass is 320 g/mol. The van der Waals surface area contributed by atoms with Crippen LogP contribution in [0.1, 0.15) is 50.6 Å². The highest BCUT2D eigenvalue weighted by molar-refractivity contribution is 9.10. The highest BCUT2D eigenvalue weighted by atomic mass is 79.9. The highest BCUT2D eigenvalue weighted by Crippen LogP contribution is 2.29. The molecule has 0 saturated carbocycles. The van der Waals surface area contributed by atoms with Crippen molar-refractivity contribution in [2.75, 3.05) is 0 Å². The van der Waals surface area contributed by atoms with Crippen molar-refractivity contribution in [2.45, 2.75) is 45.1 Å². The van der Waals surface area contributed by atoms with Gasteiger partial charge in [0.2, 0.25) is 0 Å². The summed E-state index contributed by atoms with van der Waals surface area (Å²) in [5, 5.41) is 0. The lowest BCUT2D eigenvalue weighted by atomic mass is 9.99. The predicted molar refractivity (Wildman–Crippen MR) is 72.9 cm³/mol. The van der Waals surface area contributed by atoms with Gasteiger partial charge in [-0.3, -0.25) is 11.3 Å². The molecule has 1 unspecified atom stereocenters. The summed E-state index contributed by atoms with van der Waals surface area (Å²) < 4.78 is 27.8. The molecule has 5 heteroatoms. The molecule has 1 aromatic carbocycles. The van der Waals surface area contributed by atoms with E-state index in [0.717, 1.165) is 25.7 Å². The van der Waals surface area contributed by atoms with Gasteiger partial charge < -0.3 is 0 Å². The molecule has 1 aromatic rings. The first kappa shape index (κ1) is 15.5. The Morgan fingerprint density at radius 2 is 2.00 bits per heavy atom. The summed E-state index contributed by atoms with van der Waals surface area (Å²) in [7, 11) is 0. The van der Waals surface area contributed by atoms with Crippen LogP contribution in [0, 0.1) is 11.6 Å². The van der Waals surface area contributed by atoms with Crippen molar-refractivity contribution in [2.24, 2.45) is 5.84 Å². The molecule has 0 bridgehead atoms. The second-order valence-electron chi connectivity index (χ2n) is 4.33. The van der Waals surface area contributed by atoms with Gasteiger partial charge in [-0.2, -0.15) is 0 Å². The molecular weight excluding hydrogens is 302 g/mol. The number of benzene rings is 1. The number of halogens is 3. The second-order valence-corrected chi connectivity index (χ2v) is 5.18. The minimum atomic E-state index is -0.576. The first-order valence-corrected chi connectivity index (χ1v) is 7.00. The van der Waals surface area contributed by atoms with Gasteiger partial charge in [0, 0.05) is 5.56 Å². The van der Waals surface area contributed by atoms with Gasteiger partial charge in [0.15, 0.2) is 0 Å². The lowest BCUT2D eigenvalue weighted by Gasteiger charge is -2.18. The first-order chi connectivity index (χ1) is 8.61. The highest BCUT2D eigenvalue weighted by Gasteiger charge is 2.20. The lowest BCUT2D eigenvalue weighted by Crippen LogP contribution is -2.29. The second kappa shape index (κ2) is 7.81. The van der Waals surface area contributed by atoms with Crippen LogP contribution < -0.4 is 11.3 Å². The zero-order valence-electron chi connectivity index (χ0n) is 10.5. The Bertz CT molecular complexity index is 385. The van der Waals surface area contributed by atoms with E-state index in [0.29, 0.717) is 6.42 Å². The molecule has 0 aliphatic rings. The van der Waals surface area contributed by atoms with Gasteiger partial charge >= 0.3 is 0 Å². The van der Waals surface area contributed by atoms with Crippen LogP contribution in [0.5, 0.6) is 0 Å². The molecule has 1 atom stereocenters. The van der Waals surface area contributed by atoms with E-state index in [2.05, 4.69) is 28.3 Å². The summed E-state index contributed by atoms with van der Waals surface area (Å²) in [5.41, 5.74) is 2.52. The van der Waals surface area contributed by atoms with E-state index in [9.17, 15) is 8.78 Å². The average Bonchev–Trinajstić information content (AvgIpc) is 2.37. The van der Waals surface area contributed by atoms with Gasteiger partial charge in [-0.05, 0) is 34.5 Å². The van der Waals surface area contributed by atoms with Gasteiger partial charge in [0.1, 0.15) is 11.6 Å². The topological polar surface area (TPSA) is 38.0 Å². The quantitative estimate of drug-likeness (QED) is 0.342. The molecule has 2 nitrogen and oxygen atoms in total. The van der Waals surface area contributed by atoms with E-state index >= 15 is 0 Å². The Hall–Kier alpha value is -0.520. The van der Waals surface area contributed by atoms with Gasteiger partial charge in [-0.25, -0.2) is 8.78 Å². The van der Waals surface area contributed by atoms with Gasteiger partial charge in [-0.1, -0.05) is 32.6 Å². The number of nitrogens with two attached hydrogens (primary N) is 1. The van der Waals surface area contributed by atoms with E-state index in [4.69, 9.17) is 5.84 Å². The molecule has 0 aliphatic heterocycles. The number of hydrogen-bond acceptors (Lipinski definition) is 2. The number of hydrogen-bond donors (Lipinski definition) is 2. The summed E-state index contributed by atoms with van der Waals surface area (Å²) in [4.78, 5) is 0. The molecule has 3 N–H and O–H groups in total. The number of hydrazine groups is 1. The largest absolute Gasteiger partial charge is 0.271 e. The standard InChI is InChI=1S/C13H19BrF2N2/c1-2-3-4-5-6-11(18-17)12-10(15)8-7-9(14)13(12)16/h7-8,11,18H,2-6,17H2,1H3. The van der Waals surface area contributed by atoms with Gasteiger partial charge in [-0.15, -0.1) is 0 Å². The third-order valence-electron chi connectivity index (χ3n) is 2.98. The van der Waals surface area contributed by atoms with Crippen molar-refractivity contribution in [3.05, 3.63) is 33.8 Å². The Labute approximate surface area is 115 Å². The van der Waals surface area contributed by atoms with Crippen molar-refractivity contribution >= 4 is 15.9 Å². The molecule has 0 amide bonds. The summed E-state index contributed by atoms with van der Waals surface area (Å²) in [6.45, 7) is 2.12. The molecule has 0 heterocycles. The van der Waals surface area contributed by atoms with Crippen LogP contribution in [0.2, 0.25) is 0 Å². The van der Waals surface area contributed by atoms with Crippen LogP contribution in [0.4, 0.5) is 8.78 Å². The molecule has 0 spiro atoms. The van der Waals surface area contributed by atoms with Crippen LogP contribution in [0.3, 0.4) is 0 Å². The summed E-state index contributed by atoms with van der Waals surface area (Å²) in [5.74, 6) is 4.27. The average molecular weight is 321 g/mol. The summed E-state index contributed by atoms with van der Waals surface area (Å²) in [6.07, 6.45) is 4.82. The SMILES string of the molecule is CCCCCCC(NN)c1c(F)ccc(Br)c1F. The van der Waals surface area contributed by atoms with Crippen molar-refractivity contribution in [3.63, 3.8) is 0 Å². The van der Waals surface area contributed by atoms with Crippen molar-refractivity contribution in [3.8, 4) is 0 Å². The summed E-state index contributed by atoms with van der Waals surface area (Å²) >= 11 is 3.06. The molecule has 0 aliphatic carbocycles. The van der Waals surface area contributed by atoms with Crippen LogP contribution in [-0.2, 0) is 0 Å². The van der Waals surface area contributed by atoms with Crippen LogP contribution >= 0.6 is 15.9 Å². The minimum absolute atomic E-state index is 0.0170. The molecule has 102 valence electrons. The van der Waals surface area contributed by atoms with Crippen LogP contribution in [0.25, 0.3) is 0 Å². The zero-order valence-corrected chi connectivity index (χ0v) is 12.1. The maximum Gasteiger partial charge on any atom is 0.145 e. The van der Waals surface area contributed by atoms with E-state index in [1.807, 2.05) is 0 Å². The van der Waals surface area contributed by atoms with Crippen LogP contribution in [-0.4, -0.2) is 0 Å². The van der Waals surface area contributed by atoms with E-state index in [1.54, 1.807) is 0 Å². The Morgan fingerprint density at radius 3 is 2.61 bits per heavy atom. The fourth-order valence-electron chi connectivity index (χ4n) is 1.95. The van der Waals surface area contributed by atoms with E-state index in [-0.39, 0.29) is 10.0 Å². The molecular formula is C13H19BrF2N2. The smallest absolute Gasteiger partial charge is 0.145 e. The molecule has 0 fully saturated rings. The van der Waals surface area contributed by atoms with Crippen molar-refractivity contribution in [1.82, 2.24) is 5.43 Å². The zero-order chi connectivity index (χ0) is 13.5. The van der Waals surface area contributed by atoms with Gasteiger partial charge in [0.05, 0.1) is 10.5 Å². The molecule has 1 rings (SSSR count). The fourth-order valence-corrected chi connectivity index (χ4v) is 2.29. The van der Waals surface area contributed by atoms with Crippen LogP contribution in [0.15, 0.2) is 16.6 Å². The maximum atomic E-state index is 13.9. The van der Waals surface area contributed by atoms with E-state index < -0.39 is 17.7 Å². The Balaban J connectivity index is 2.78. The number of unbranched alkanes of at least 4 members (excludes halogenated alkanes) is 3. The van der Waals surface area contributed by atoms with E-state index in [1.165, 1.54) is 12.1 Å².